The average molecular weight is 411 g/mol. The molecule has 0 amide bonds. The monoisotopic (exact) mass is 411 g/mol. The molecule has 146 valence electrons. The van der Waals surface area contributed by atoms with Gasteiger partial charge in [0, 0.05) is 11.5 Å². The molecule has 0 saturated heterocycles. The van der Waals surface area contributed by atoms with E-state index in [1.807, 2.05) is 66.7 Å². The van der Waals surface area contributed by atoms with E-state index in [0.717, 1.165) is 38.5 Å². The van der Waals surface area contributed by atoms with E-state index >= 15 is 0 Å². The van der Waals surface area contributed by atoms with E-state index in [1.54, 1.807) is 11.8 Å². The first-order valence-electron chi connectivity index (χ1n) is 9.38. The highest BCUT2D eigenvalue weighted by molar-refractivity contribution is 7.99. The predicted octanol–water partition coefficient (Wildman–Crippen LogP) is 5.04. The van der Waals surface area contributed by atoms with Crippen LogP contribution in [0.15, 0.2) is 95.1 Å². The van der Waals surface area contributed by atoms with Crippen LogP contribution in [0, 0.1) is 0 Å². The van der Waals surface area contributed by atoms with Crippen LogP contribution in [0.1, 0.15) is 0 Å². The number of nitrogens with zero attached hydrogens (tertiary/aromatic N) is 5. The highest BCUT2D eigenvalue weighted by atomic mass is 32.2. The Hall–Kier alpha value is -3.71. The first kappa shape index (κ1) is 18.3. The van der Waals surface area contributed by atoms with Gasteiger partial charge in [-0.1, -0.05) is 48.5 Å². The summed E-state index contributed by atoms with van der Waals surface area (Å²) in [5.74, 6) is 0.769. The molecule has 0 aliphatic rings. The van der Waals surface area contributed by atoms with Crippen LogP contribution in [0.2, 0.25) is 0 Å². The smallest absolute Gasteiger partial charge is 0.220 e. The lowest BCUT2D eigenvalue weighted by Crippen LogP contribution is -1.99. The van der Waals surface area contributed by atoms with Gasteiger partial charge in [0.05, 0.1) is 18.3 Å². The van der Waals surface area contributed by atoms with E-state index < -0.39 is 0 Å². The largest absolute Gasteiger partial charge is 0.497 e. The van der Waals surface area contributed by atoms with Crippen LogP contribution in [-0.4, -0.2) is 32.3 Å². The van der Waals surface area contributed by atoms with Crippen LogP contribution in [0.5, 0.6) is 5.75 Å². The van der Waals surface area contributed by atoms with Crippen LogP contribution < -0.4 is 4.74 Å². The Bertz CT molecular complexity index is 1310. The fourth-order valence-corrected chi connectivity index (χ4v) is 4.10. The summed E-state index contributed by atoms with van der Waals surface area (Å²) in [5, 5.41) is 14.7. The third kappa shape index (κ3) is 3.51. The maximum Gasteiger partial charge on any atom is 0.220 e. The molecular formula is C23H17N5OS. The molecule has 0 unspecified atom stereocenters. The van der Waals surface area contributed by atoms with E-state index in [2.05, 4.69) is 33.7 Å². The SMILES string of the molecule is COc1ccc2c(-c3ccccc3)cc(Sc3nnnn3-c3ccccc3)nc2c1. The number of tetrazole rings is 1. The molecule has 0 atom stereocenters. The summed E-state index contributed by atoms with van der Waals surface area (Å²) in [6, 6.07) is 28.1. The number of rotatable bonds is 5. The number of hydrogen-bond acceptors (Lipinski definition) is 6. The lowest BCUT2D eigenvalue weighted by atomic mass is 10.0. The Kier molecular flexibility index (Phi) is 4.86. The van der Waals surface area contributed by atoms with Crippen LogP contribution in [0.25, 0.3) is 27.7 Å². The zero-order chi connectivity index (χ0) is 20.3. The molecule has 0 radical (unpaired) electrons. The quantitative estimate of drug-likeness (QED) is 0.404. The maximum absolute atomic E-state index is 5.41. The van der Waals surface area contributed by atoms with Crippen molar-refractivity contribution in [3.63, 3.8) is 0 Å². The number of methoxy groups -OCH3 is 1. The van der Waals surface area contributed by atoms with Crippen molar-refractivity contribution in [3.8, 4) is 22.6 Å². The zero-order valence-electron chi connectivity index (χ0n) is 16.1. The van der Waals surface area contributed by atoms with Gasteiger partial charge in [-0.05, 0) is 63.6 Å². The van der Waals surface area contributed by atoms with Gasteiger partial charge < -0.3 is 4.74 Å². The molecule has 0 bridgehead atoms. The molecule has 5 rings (SSSR count). The van der Waals surface area contributed by atoms with Crippen LogP contribution >= 0.6 is 11.8 Å². The standard InChI is InChI=1S/C23H17N5OS/c1-29-18-12-13-19-20(16-8-4-2-5-9-16)15-22(24-21(19)14-18)30-23-25-26-27-28(23)17-10-6-3-7-11-17/h2-15H,1H3. The Balaban J connectivity index is 1.63. The van der Waals surface area contributed by atoms with Crippen LogP contribution in [-0.2, 0) is 0 Å². The van der Waals surface area contributed by atoms with Gasteiger partial charge in [0.2, 0.25) is 5.16 Å². The Morgan fingerprint density at radius 3 is 2.40 bits per heavy atom. The molecule has 3 aromatic carbocycles. The maximum atomic E-state index is 5.41. The topological polar surface area (TPSA) is 65.7 Å². The molecule has 5 aromatic rings. The van der Waals surface area contributed by atoms with Crippen molar-refractivity contribution in [1.29, 1.82) is 0 Å². The summed E-state index contributed by atoms with van der Waals surface area (Å²) in [5.41, 5.74) is 3.98. The predicted molar refractivity (Wildman–Crippen MR) is 117 cm³/mol. The summed E-state index contributed by atoms with van der Waals surface area (Å²) in [6.07, 6.45) is 0. The first-order valence-corrected chi connectivity index (χ1v) is 10.2. The molecule has 30 heavy (non-hydrogen) atoms. The minimum absolute atomic E-state index is 0.648. The van der Waals surface area contributed by atoms with Gasteiger partial charge in [0.1, 0.15) is 10.8 Å². The number of para-hydroxylation sites is 1. The Morgan fingerprint density at radius 2 is 1.63 bits per heavy atom. The molecule has 6 nitrogen and oxygen atoms in total. The zero-order valence-corrected chi connectivity index (χ0v) is 17.0. The molecule has 2 aromatic heterocycles. The van der Waals surface area contributed by atoms with Gasteiger partial charge >= 0.3 is 0 Å². The van der Waals surface area contributed by atoms with E-state index in [4.69, 9.17) is 9.72 Å². The molecule has 0 fully saturated rings. The summed E-state index contributed by atoms with van der Waals surface area (Å²) in [7, 11) is 1.66. The second kappa shape index (κ2) is 7.96. The third-order valence-corrected chi connectivity index (χ3v) is 5.57. The molecule has 2 heterocycles. The molecule has 0 aliphatic carbocycles. The van der Waals surface area contributed by atoms with Gasteiger partial charge in [0.15, 0.2) is 0 Å². The second-order valence-electron chi connectivity index (χ2n) is 6.57. The second-order valence-corrected chi connectivity index (χ2v) is 7.56. The van der Waals surface area contributed by atoms with E-state index in [1.165, 1.54) is 11.8 Å². The molecule has 0 spiro atoms. The highest BCUT2D eigenvalue weighted by Gasteiger charge is 2.14. The molecule has 7 heteroatoms. The van der Waals surface area contributed by atoms with Crippen molar-refractivity contribution in [2.75, 3.05) is 7.11 Å². The Labute approximate surface area is 177 Å². The van der Waals surface area contributed by atoms with Crippen molar-refractivity contribution in [2.45, 2.75) is 10.2 Å². The van der Waals surface area contributed by atoms with Gasteiger partial charge in [-0.25, -0.2) is 4.98 Å². The molecule has 0 N–H and O–H groups in total. The number of ether oxygens (including phenoxy) is 1. The van der Waals surface area contributed by atoms with E-state index in [0.29, 0.717) is 5.16 Å². The molecule has 0 aliphatic heterocycles. The van der Waals surface area contributed by atoms with Crippen molar-refractivity contribution in [1.82, 2.24) is 25.2 Å². The number of pyridine rings is 1. The fourth-order valence-electron chi connectivity index (χ4n) is 3.29. The van der Waals surface area contributed by atoms with Crippen molar-refractivity contribution in [2.24, 2.45) is 0 Å². The summed E-state index contributed by atoms with van der Waals surface area (Å²) in [6.45, 7) is 0. The number of benzene rings is 3. The minimum Gasteiger partial charge on any atom is -0.497 e. The highest BCUT2D eigenvalue weighted by Crippen LogP contribution is 2.35. The number of fused-ring (bicyclic) bond motifs is 1. The van der Waals surface area contributed by atoms with Crippen LogP contribution in [0.4, 0.5) is 0 Å². The van der Waals surface area contributed by atoms with E-state index in [-0.39, 0.29) is 0 Å². The lowest BCUT2D eigenvalue weighted by Gasteiger charge is -2.11. The van der Waals surface area contributed by atoms with Gasteiger partial charge in [0.25, 0.3) is 0 Å². The summed E-state index contributed by atoms with van der Waals surface area (Å²) < 4.78 is 7.12. The van der Waals surface area contributed by atoms with Crippen molar-refractivity contribution < 1.29 is 4.74 Å². The summed E-state index contributed by atoms with van der Waals surface area (Å²) >= 11 is 1.43. The first-order chi connectivity index (χ1) is 14.8. The third-order valence-electron chi connectivity index (χ3n) is 4.72. The molecule has 0 saturated carbocycles. The minimum atomic E-state index is 0.648. The summed E-state index contributed by atoms with van der Waals surface area (Å²) in [4.78, 5) is 4.85. The van der Waals surface area contributed by atoms with Gasteiger partial charge in [-0.3, -0.25) is 0 Å². The van der Waals surface area contributed by atoms with Crippen molar-refractivity contribution >= 4 is 22.7 Å². The lowest BCUT2D eigenvalue weighted by molar-refractivity contribution is 0.415. The Morgan fingerprint density at radius 1 is 0.867 bits per heavy atom. The number of hydrogen-bond donors (Lipinski definition) is 0. The average Bonchev–Trinajstić information content (AvgIpc) is 3.27. The van der Waals surface area contributed by atoms with Gasteiger partial charge in [-0.2, -0.15) is 4.68 Å². The fraction of sp³-hybridized carbons (Fsp3) is 0.0435. The normalized spacial score (nSPS) is 11.0. The number of aromatic nitrogens is 5. The molecular weight excluding hydrogens is 394 g/mol. The van der Waals surface area contributed by atoms with E-state index in [9.17, 15) is 0 Å². The van der Waals surface area contributed by atoms with Crippen molar-refractivity contribution in [3.05, 3.63) is 84.9 Å². The van der Waals surface area contributed by atoms with Gasteiger partial charge in [-0.15, -0.1) is 5.10 Å². The van der Waals surface area contributed by atoms with Crippen LogP contribution in [0.3, 0.4) is 0 Å².